The van der Waals surface area contributed by atoms with Gasteiger partial charge in [-0.15, -0.1) is 0 Å². The quantitative estimate of drug-likeness (QED) is 0.722. The number of nitrogens with zero attached hydrogens (tertiary/aromatic N) is 1. The highest BCUT2D eigenvalue weighted by atomic mass is 35.5. The number of fused-ring (bicyclic) bond motifs is 1. The molecule has 0 saturated heterocycles. The molecule has 1 aromatic heterocycles. The molecule has 5 heteroatoms. The molecule has 1 saturated carbocycles. The molecular formula is C19H15ClN2OS. The van der Waals surface area contributed by atoms with Gasteiger partial charge in [-0.2, -0.15) is 0 Å². The van der Waals surface area contributed by atoms with Crippen molar-refractivity contribution in [2.45, 2.75) is 28.8 Å². The number of amides is 1. The minimum absolute atomic E-state index is 0.0240. The largest absolute Gasteiger partial charge is 0.349 e. The lowest BCUT2D eigenvalue weighted by Gasteiger charge is -2.10. The number of aromatic nitrogens is 1. The van der Waals surface area contributed by atoms with Gasteiger partial charge in [-0.1, -0.05) is 47.6 Å². The summed E-state index contributed by atoms with van der Waals surface area (Å²) >= 11 is 7.56. The van der Waals surface area contributed by atoms with Crippen LogP contribution < -0.4 is 5.32 Å². The topological polar surface area (TPSA) is 42.0 Å². The normalized spacial score (nSPS) is 13.9. The van der Waals surface area contributed by atoms with Crippen LogP contribution in [0.2, 0.25) is 5.02 Å². The fourth-order valence-electron chi connectivity index (χ4n) is 2.53. The van der Waals surface area contributed by atoms with E-state index in [1.165, 1.54) is 11.8 Å². The second-order valence-corrected chi connectivity index (χ2v) is 7.36. The molecule has 0 atom stereocenters. The number of carbonyl (C=O) groups excluding carboxylic acids is 1. The Balaban J connectivity index is 1.74. The van der Waals surface area contributed by atoms with Crippen LogP contribution in [-0.4, -0.2) is 16.9 Å². The van der Waals surface area contributed by atoms with Crippen molar-refractivity contribution >= 4 is 40.2 Å². The SMILES string of the molecule is O=C(NC1CC1)c1cc(Sc2cccc(Cl)c2)nc2ccccc12. The number of halogens is 1. The molecule has 1 N–H and O–H groups in total. The standard InChI is InChI=1S/C19H15ClN2OS/c20-12-4-3-5-14(10-12)24-18-11-16(19(23)21-13-8-9-13)15-6-1-2-7-17(15)22-18/h1-7,10-11,13H,8-9H2,(H,21,23). The van der Waals surface area contributed by atoms with Gasteiger partial charge in [0, 0.05) is 21.3 Å². The van der Waals surface area contributed by atoms with Gasteiger partial charge in [-0.25, -0.2) is 4.98 Å². The maximum atomic E-state index is 12.6. The second kappa shape index (κ2) is 6.46. The first-order valence-corrected chi connectivity index (χ1v) is 9.02. The van der Waals surface area contributed by atoms with E-state index in [1.54, 1.807) is 0 Å². The minimum atomic E-state index is -0.0240. The summed E-state index contributed by atoms with van der Waals surface area (Å²) in [6, 6.07) is 17.6. The first kappa shape index (κ1) is 15.5. The highest BCUT2D eigenvalue weighted by Crippen LogP contribution is 2.31. The molecule has 0 radical (unpaired) electrons. The summed E-state index contributed by atoms with van der Waals surface area (Å²) in [6.45, 7) is 0. The van der Waals surface area contributed by atoms with Gasteiger partial charge < -0.3 is 5.32 Å². The number of hydrogen-bond donors (Lipinski definition) is 1. The molecule has 1 fully saturated rings. The third-order valence-electron chi connectivity index (χ3n) is 3.87. The lowest BCUT2D eigenvalue weighted by atomic mass is 10.1. The fourth-order valence-corrected chi connectivity index (χ4v) is 3.68. The van der Waals surface area contributed by atoms with Crippen LogP contribution in [0.25, 0.3) is 10.9 Å². The van der Waals surface area contributed by atoms with Crippen molar-refractivity contribution in [1.82, 2.24) is 10.3 Å². The summed E-state index contributed by atoms with van der Waals surface area (Å²) in [7, 11) is 0. The predicted molar refractivity (Wildman–Crippen MR) is 97.8 cm³/mol. The third-order valence-corrected chi connectivity index (χ3v) is 5.01. The molecule has 1 amide bonds. The molecule has 1 aliphatic rings. The van der Waals surface area contributed by atoms with E-state index in [9.17, 15) is 4.79 Å². The monoisotopic (exact) mass is 354 g/mol. The Labute approximate surface area is 149 Å². The lowest BCUT2D eigenvalue weighted by molar-refractivity contribution is 0.0952. The van der Waals surface area contributed by atoms with E-state index in [2.05, 4.69) is 10.3 Å². The molecule has 0 aliphatic heterocycles. The van der Waals surface area contributed by atoms with Crippen molar-refractivity contribution in [3.8, 4) is 0 Å². The molecule has 3 aromatic rings. The van der Waals surface area contributed by atoms with E-state index in [4.69, 9.17) is 11.6 Å². The maximum Gasteiger partial charge on any atom is 0.252 e. The van der Waals surface area contributed by atoms with E-state index in [-0.39, 0.29) is 5.91 Å². The van der Waals surface area contributed by atoms with Crippen LogP contribution in [0, 0.1) is 0 Å². The Morgan fingerprint density at radius 2 is 1.96 bits per heavy atom. The zero-order valence-electron chi connectivity index (χ0n) is 12.8. The van der Waals surface area contributed by atoms with Gasteiger partial charge in [0.15, 0.2) is 0 Å². The maximum absolute atomic E-state index is 12.6. The van der Waals surface area contributed by atoms with Gasteiger partial charge >= 0.3 is 0 Å². The number of para-hydroxylation sites is 1. The third kappa shape index (κ3) is 3.40. The number of nitrogens with one attached hydrogen (secondary N) is 1. The number of benzene rings is 2. The van der Waals surface area contributed by atoms with Crippen LogP contribution in [0.3, 0.4) is 0 Å². The van der Waals surface area contributed by atoms with E-state index in [1.807, 2.05) is 54.6 Å². The van der Waals surface area contributed by atoms with E-state index in [0.717, 1.165) is 33.7 Å². The summed E-state index contributed by atoms with van der Waals surface area (Å²) < 4.78 is 0. The van der Waals surface area contributed by atoms with Crippen LogP contribution in [0.15, 0.2) is 64.5 Å². The van der Waals surface area contributed by atoms with Crippen LogP contribution in [0.5, 0.6) is 0 Å². The minimum Gasteiger partial charge on any atom is -0.349 e. The number of rotatable bonds is 4. The molecule has 2 aromatic carbocycles. The van der Waals surface area contributed by atoms with Crippen molar-refractivity contribution in [2.24, 2.45) is 0 Å². The highest BCUT2D eigenvalue weighted by Gasteiger charge is 2.25. The average Bonchev–Trinajstić information content (AvgIpc) is 3.38. The van der Waals surface area contributed by atoms with Crippen molar-refractivity contribution in [3.63, 3.8) is 0 Å². The number of pyridine rings is 1. The molecule has 4 rings (SSSR count). The van der Waals surface area contributed by atoms with E-state index < -0.39 is 0 Å². The van der Waals surface area contributed by atoms with Gasteiger partial charge in [0.05, 0.1) is 11.1 Å². The molecular weight excluding hydrogens is 340 g/mol. The van der Waals surface area contributed by atoms with Crippen molar-refractivity contribution in [2.75, 3.05) is 0 Å². The average molecular weight is 355 g/mol. The van der Waals surface area contributed by atoms with Gasteiger partial charge in [-0.3, -0.25) is 4.79 Å². The Morgan fingerprint density at radius 3 is 2.75 bits per heavy atom. The summed E-state index contributed by atoms with van der Waals surface area (Å²) in [5.41, 5.74) is 1.50. The van der Waals surface area contributed by atoms with Crippen LogP contribution in [0.4, 0.5) is 0 Å². The molecule has 120 valence electrons. The van der Waals surface area contributed by atoms with Crippen LogP contribution >= 0.6 is 23.4 Å². The predicted octanol–water partition coefficient (Wildman–Crippen LogP) is 4.93. The molecule has 1 aliphatic carbocycles. The summed E-state index contributed by atoms with van der Waals surface area (Å²) in [5.74, 6) is -0.0240. The summed E-state index contributed by atoms with van der Waals surface area (Å²) in [5, 5.41) is 5.42. The number of hydrogen-bond acceptors (Lipinski definition) is 3. The molecule has 3 nitrogen and oxygen atoms in total. The summed E-state index contributed by atoms with van der Waals surface area (Å²) in [4.78, 5) is 18.3. The molecule has 0 unspecified atom stereocenters. The Kier molecular flexibility index (Phi) is 4.17. The Morgan fingerprint density at radius 1 is 1.12 bits per heavy atom. The van der Waals surface area contributed by atoms with Crippen molar-refractivity contribution in [3.05, 3.63) is 65.2 Å². The molecule has 24 heavy (non-hydrogen) atoms. The lowest BCUT2D eigenvalue weighted by Crippen LogP contribution is -2.25. The number of carbonyl (C=O) groups is 1. The fraction of sp³-hybridized carbons (Fsp3) is 0.158. The second-order valence-electron chi connectivity index (χ2n) is 5.83. The first-order chi connectivity index (χ1) is 11.7. The van der Waals surface area contributed by atoms with Crippen LogP contribution in [-0.2, 0) is 0 Å². The summed E-state index contributed by atoms with van der Waals surface area (Å²) in [6.07, 6.45) is 2.14. The Hall–Kier alpha value is -2.04. The highest BCUT2D eigenvalue weighted by molar-refractivity contribution is 7.99. The van der Waals surface area contributed by atoms with Gasteiger partial charge in [0.25, 0.3) is 5.91 Å². The molecule has 0 bridgehead atoms. The Bertz CT molecular complexity index is 924. The molecule has 1 heterocycles. The van der Waals surface area contributed by atoms with E-state index >= 15 is 0 Å². The van der Waals surface area contributed by atoms with Gasteiger partial charge in [-0.05, 0) is 43.2 Å². The molecule has 0 spiro atoms. The van der Waals surface area contributed by atoms with Crippen molar-refractivity contribution < 1.29 is 4.79 Å². The van der Waals surface area contributed by atoms with Gasteiger partial charge in [0.2, 0.25) is 0 Å². The first-order valence-electron chi connectivity index (χ1n) is 7.83. The smallest absolute Gasteiger partial charge is 0.252 e. The van der Waals surface area contributed by atoms with Crippen LogP contribution in [0.1, 0.15) is 23.2 Å². The van der Waals surface area contributed by atoms with Gasteiger partial charge in [0.1, 0.15) is 5.03 Å². The zero-order chi connectivity index (χ0) is 16.5. The van der Waals surface area contributed by atoms with E-state index in [0.29, 0.717) is 16.6 Å². The van der Waals surface area contributed by atoms with Crippen molar-refractivity contribution in [1.29, 1.82) is 0 Å². The zero-order valence-corrected chi connectivity index (χ0v) is 14.4.